The Morgan fingerprint density at radius 1 is 1.38 bits per heavy atom. The van der Waals surface area contributed by atoms with Gasteiger partial charge in [-0.1, -0.05) is 24.6 Å². The van der Waals surface area contributed by atoms with Crippen LogP contribution in [0, 0.1) is 5.92 Å². The molecule has 1 aromatic carbocycles. The summed E-state index contributed by atoms with van der Waals surface area (Å²) < 4.78 is 0. The van der Waals surface area contributed by atoms with Crippen LogP contribution in [0.15, 0.2) is 18.2 Å². The lowest BCUT2D eigenvalue weighted by atomic mass is 9.98. The predicted octanol–water partition coefficient (Wildman–Crippen LogP) is 2.54. The number of fused-ring (bicyclic) bond motifs is 1. The van der Waals surface area contributed by atoms with Crippen LogP contribution in [0.4, 0.5) is 0 Å². The zero-order valence-electron chi connectivity index (χ0n) is 9.13. The molecule has 3 nitrogen and oxygen atoms in total. The number of nitrogens with one attached hydrogen (secondary N) is 2. The topological polar surface area (TPSA) is 40.7 Å². The van der Waals surface area contributed by atoms with Crippen LogP contribution >= 0.6 is 11.6 Å². The molecule has 84 valence electrons. The highest BCUT2D eigenvalue weighted by Crippen LogP contribution is 2.29. The second kappa shape index (κ2) is 3.75. The van der Waals surface area contributed by atoms with E-state index in [0.717, 1.165) is 35.0 Å². The molecule has 0 aliphatic carbocycles. The largest absolute Gasteiger partial charge is 0.342 e. The van der Waals surface area contributed by atoms with Crippen molar-refractivity contribution in [1.82, 2.24) is 15.3 Å². The molecule has 2 aromatic rings. The average Bonchev–Trinajstić information content (AvgIpc) is 2.84. The summed E-state index contributed by atoms with van der Waals surface area (Å²) in [6.45, 7) is 4.31. The molecule has 2 atom stereocenters. The third-order valence-corrected chi connectivity index (χ3v) is 3.66. The summed E-state index contributed by atoms with van der Waals surface area (Å²) in [5, 5.41) is 4.11. The number of halogens is 1. The Morgan fingerprint density at radius 3 is 2.94 bits per heavy atom. The predicted molar refractivity (Wildman–Crippen MR) is 65.9 cm³/mol. The quantitative estimate of drug-likeness (QED) is 0.798. The number of aromatic nitrogens is 2. The van der Waals surface area contributed by atoms with Crippen molar-refractivity contribution < 1.29 is 0 Å². The van der Waals surface area contributed by atoms with Crippen molar-refractivity contribution in [3.05, 3.63) is 29.0 Å². The highest BCUT2D eigenvalue weighted by atomic mass is 35.5. The van der Waals surface area contributed by atoms with E-state index in [2.05, 4.69) is 22.2 Å². The van der Waals surface area contributed by atoms with Crippen molar-refractivity contribution in [3.8, 4) is 0 Å². The molecule has 2 N–H and O–H groups in total. The van der Waals surface area contributed by atoms with E-state index in [-0.39, 0.29) is 0 Å². The minimum absolute atomic E-state index is 0.475. The zero-order valence-corrected chi connectivity index (χ0v) is 9.88. The molecule has 1 aliphatic heterocycles. The molecule has 0 radical (unpaired) electrons. The highest BCUT2D eigenvalue weighted by Gasteiger charge is 2.27. The standard InChI is InChI=1S/C12H14ClN3/c1-7-5-14-6-8(7)12-15-10-4-2-3-9(13)11(10)16-12/h2-4,7-8,14H,5-6H2,1H3,(H,15,16). The number of hydrogen-bond acceptors (Lipinski definition) is 2. The minimum Gasteiger partial charge on any atom is -0.342 e. The smallest absolute Gasteiger partial charge is 0.112 e. The van der Waals surface area contributed by atoms with Crippen LogP contribution in [0.1, 0.15) is 18.7 Å². The summed E-state index contributed by atoms with van der Waals surface area (Å²) in [7, 11) is 0. The van der Waals surface area contributed by atoms with Gasteiger partial charge in [0.2, 0.25) is 0 Å². The Morgan fingerprint density at radius 2 is 2.25 bits per heavy atom. The normalized spacial score (nSPS) is 25.4. The molecule has 1 aliphatic rings. The third-order valence-electron chi connectivity index (χ3n) is 3.35. The van der Waals surface area contributed by atoms with E-state index in [0.29, 0.717) is 11.8 Å². The van der Waals surface area contributed by atoms with Crippen molar-refractivity contribution in [2.75, 3.05) is 13.1 Å². The molecule has 0 spiro atoms. The summed E-state index contributed by atoms with van der Waals surface area (Å²) in [5.74, 6) is 2.16. The van der Waals surface area contributed by atoms with E-state index in [9.17, 15) is 0 Å². The van der Waals surface area contributed by atoms with Gasteiger partial charge in [-0.3, -0.25) is 0 Å². The van der Waals surface area contributed by atoms with Crippen molar-refractivity contribution in [2.45, 2.75) is 12.8 Å². The first-order valence-corrected chi connectivity index (χ1v) is 5.98. The summed E-state index contributed by atoms with van der Waals surface area (Å²) in [6, 6.07) is 5.85. The molecular formula is C12H14ClN3. The van der Waals surface area contributed by atoms with Crippen LogP contribution in [0.2, 0.25) is 5.02 Å². The summed E-state index contributed by atoms with van der Waals surface area (Å²) >= 11 is 6.12. The molecule has 1 saturated heterocycles. The lowest BCUT2D eigenvalue weighted by molar-refractivity contribution is 0.551. The maximum absolute atomic E-state index is 6.12. The molecule has 0 amide bonds. The summed E-state index contributed by atoms with van der Waals surface area (Å²) in [4.78, 5) is 7.99. The lowest BCUT2D eigenvalue weighted by Crippen LogP contribution is -2.09. The molecule has 3 rings (SSSR count). The number of H-pyrrole nitrogens is 1. The van der Waals surface area contributed by atoms with Gasteiger partial charge in [0.1, 0.15) is 11.3 Å². The Labute approximate surface area is 99.2 Å². The SMILES string of the molecule is CC1CNCC1c1nc2c(Cl)cccc2[nH]1. The van der Waals surface area contributed by atoms with Crippen LogP contribution in [-0.2, 0) is 0 Å². The highest BCUT2D eigenvalue weighted by molar-refractivity contribution is 6.34. The van der Waals surface area contributed by atoms with Gasteiger partial charge in [0, 0.05) is 12.5 Å². The molecule has 0 bridgehead atoms. The Bertz CT molecular complexity index is 520. The minimum atomic E-state index is 0.475. The van der Waals surface area contributed by atoms with E-state index in [1.165, 1.54) is 0 Å². The number of imidazole rings is 1. The molecule has 2 heterocycles. The van der Waals surface area contributed by atoms with E-state index in [4.69, 9.17) is 11.6 Å². The fourth-order valence-electron chi connectivity index (χ4n) is 2.37. The Kier molecular flexibility index (Phi) is 2.37. The number of para-hydroxylation sites is 1. The number of hydrogen-bond donors (Lipinski definition) is 2. The average molecular weight is 236 g/mol. The van der Waals surface area contributed by atoms with E-state index in [1.54, 1.807) is 0 Å². The Hall–Kier alpha value is -1.06. The molecule has 1 aromatic heterocycles. The van der Waals surface area contributed by atoms with Gasteiger partial charge in [-0.2, -0.15) is 0 Å². The van der Waals surface area contributed by atoms with Gasteiger partial charge in [0.05, 0.1) is 10.5 Å². The first-order valence-electron chi connectivity index (χ1n) is 5.60. The number of nitrogens with zero attached hydrogens (tertiary/aromatic N) is 1. The number of benzene rings is 1. The number of rotatable bonds is 1. The molecule has 1 fully saturated rings. The van der Waals surface area contributed by atoms with Gasteiger partial charge in [-0.05, 0) is 24.6 Å². The summed E-state index contributed by atoms with van der Waals surface area (Å²) in [6.07, 6.45) is 0. The van der Waals surface area contributed by atoms with E-state index < -0.39 is 0 Å². The van der Waals surface area contributed by atoms with Gasteiger partial charge < -0.3 is 10.3 Å². The van der Waals surface area contributed by atoms with Crippen LogP contribution in [0.5, 0.6) is 0 Å². The zero-order chi connectivity index (χ0) is 11.1. The van der Waals surface area contributed by atoms with Crippen molar-refractivity contribution in [1.29, 1.82) is 0 Å². The number of aromatic amines is 1. The monoisotopic (exact) mass is 235 g/mol. The first kappa shape index (κ1) is 10.1. The van der Waals surface area contributed by atoms with Crippen molar-refractivity contribution in [3.63, 3.8) is 0 Å². The molecule has 0 saturated carbocycles. The van der Waals surface area contributed by atoms with Gasteiger partial charge >= 0.3 is 0 Å². The van der Waals surface area contributed by atoms with E-state index in [1.807, 2.05) is 18.2 Å². The fourth-order valence-corrected chi connectivity index (χ4v) is 2.58. The van der Waals surface area contributed by atoms with Gasteiger partial charge in [0.15, 0.2) is 0 Å². The van der Waals surface area contributed by atoms with Gasteiger partial charge in [-0.25, -0.2) is 4.98 Å². The third kappa shape index (κ3) is 1.51. The lowest BCUT2D eigenvalue weighted by Gasteiger charge is -2.09. The van der Waals surface area contributed by atoms with Crippen LogP contribution < -0.4 is 5.32 Å². The van der Waals surface area contributed by atoms with E-state index >= 15 is 0 Å². The second-order valence-electron chi connectivity index (χ2n) is 4.50. The van der Waals surface area contributed by atoms with Crippen LogP contribution in [0.25, 0.3) is 11.0 Å². The molecule has 2 unspecified atom stereocenters. The second-order valence-corrected chi connectivity index (χ2v) is 4.91. The maximum atomic E-state index is 6.12. The first-order chi connectivity index (χ1) is 7.75. The van der Waals surface area contributed by atoms with Crippen LogP contribution in [-0.4, -0.2) is 23.1 Å². The van der Waals surface area contributed by atoms with Gasteiger partial charge in [-0.15, -0.1) is 0 Å². The fraction of sp³-hybridized carbons (Fsp3) is 0.417. The Balaban J connectivity index is 2.08. The van der Waals surface area contributed by atoms with Crippen LogP contribution in [0.3, 0.4) is 0 Å². The summed E-state index contributed by atoms with van der Waals surface area (Å²) in [5.41, 5.74) is 1.92. The molecular weight excluding hydrogens is 222 g/mol. The molecule has 16 heavy (non-hydrogen) atoms. The maximum Gasteiger partial charge on any atom is 0.112 e. The van der Waals surface area contributed by atoms with Gasteiger partial charge in [0.25, 0.3) is 0 Å². The van der Waals surface area contributed by atoms with Crippen molar-refractivity contribution >= 4 is 22.6 Å². The van der Waals surface area contributed by atoms with Crippen molar-refractivity contribution in [2.24, 2.45) is 5.92 Å². The molecule has 4 heteroatoms.